The van der Waals surface area contributed by atoms with Crippen LogP contribution >= 0.6 is 0 Å². The van der Waals surface area contributed by atoms with E-state index < -0.39 is 11.7 Å². The maximum absolute atomic E-state index is 12.8. The van der Waals surface area contributed by atoms with Crippen molar-refractivity contribution < 1.29 is 13.2 Å². The summed E-state index contributed by atoms with van der Waals surface area (Å²) in [6, 6.07) is 3.65. The van der Waals surface area contributed by atoms with Gasteiger partial charge in [0.25, 0.3) is 0 Å². The summed E-state index contributed by atoms with van der Waals surface area (Å²) in [4.78, 5) is 6.39. The van der Waals surface area contributed by atoms with E-state index in [2.05, 4.69) is 35.2 Å². The second kappa shape index (κ2) is 4.73. The molecule has 114 valence electrons. The Balaban J connectivity index is 2.10. The van der Waals surface area contributed by atoms with E-state index in [0.717, 1.165) is 25.0 Å². The number of aromatic nitrogens is 2. The number of fused-ring (bicyclic) bond motifs is 3. The van der Waals surface area contributed by atoms with Gasteiger partial charge in [-0.25, -0.2) is 4.98 Å². The molecule has 0 amide bonds. The van der Waals surface area contributed by atoms with Crippen molar-refractivity contribution in [3.63, 3.8) is 0 Å². The summed E-state index contributed by atoms with van der Waals surface area (Å²) in [5.74, 6) is 0. The van der Waals surface area contributed by atoms with E-state index in [-0.39, 0.29) is 6.04 Å². The average molecular weight is 297 g/mol. The monoisotopic (exact) mass is 297 g/mol. The Kier molecular flexibility index (Phi) is 3.24. The standard InChI is InChI=1S/C15H18F3N3/c1-9(2)20-7-10(3)21-13(8-20)5-11-4-12(15(16,17)18)6-19-14(11)21/h4-6,9-10H,7-8H2,1-3H3. The fourth-order valence-corrected chi connectivity index (χ4v) is 3.02. The number of nitrogens with zero attached hydrogens (tertiary/aromatic N) is 3. The molecule has 3 nitrogen and oxygen atoms in total. The number of hydrogen-bond donors (Lipinski definition) is 0. The van der Waals surface area contributed by atoms with Gasteiger partial charge in [0, 0.05) is 42.5 Å². The van der Waals surface area contributed by atoms with Crippen LogP contribution in [0.2, 0.25) is 0 Å². The Bertz CT molecular complexity index is 673. The van der Waals surface area contributed by atoms with Crippen LogP contribution in [0.25, 0.3) is 11.0 Å². The average Bonchev–Trinajstić information content (AvgIpc) is 2.74. The topological polar surface area (TPSA) is 21.1 Å². The molecule has 0 fully saturated rings. The zero-order chi connectivity index (χ0) is 15.4. The predicted molar refractivity (Wildman–Crippen MR) is 75.0 cm³/mol. The fourth-order valence-electron chi connectivity index (χ4n) is 3.02. The van der Waals surface area contributed by atoms with Crippen LogP contribution in [-0.4, -0.2) is 27.0 Å². The van der Waals surface area contributed by atoms with Gasteiger partial charge in [-0.05, 0) is 32.9 Å². The van der Waals surface area contributed by atoms with Crippen LogP contribution in [0.15, 0.2) is 18.3 Å². The van der Waals surface area contributed by atoms with E-state index in [1.54, 1.807) is 0 Å². The summed E-state index contributed by atoms with van der Waals surface area (Å²) in [6.07, 6.45) is -3.42. The SMILES string of the molecule is CC(C)N1Cc2cc3cc(C(F)(F)F)cnc3n2C(C)C1. The first-order valence-corrected chi connectivity index (χ1v) is 7.08. The summed E-state index contributed by atoms with van der Waals surface area (Å²) < 4.78 is 40.4. The van der Waals surface area contributed by atoms with Crippen molar-refractivity contribution in [2.24, 2.45) is 0 Å². The Hall–Kier alpha value is -1.56. The molecule has 0 radical (unpaired) electrons. The predicted octanol–water partition coefficient (Wildman–Crippen LogP) is 3.84. The third-order valence-corrected chi connectivity index (χ3v) is 4.12. The molecule has 0 saturated carbocycles. The van der Waals surface area contributed by atoms with E-state index >= 15 is 0 Å². The first-order valence-electron chi connectivity index (χ1n) is 7.08. The van der Waals surface area contributed by atoms with Gasteiger partial charge >= 0.3 is 6.18 Å². The molecule has 6 heteroatoms. The van der Waals surface area contributed by atoms with E-state index in [1.807, 2.05) is 6.07 Å². The molecule has 1 atom stereocenters. The number of halogens is 3. The maximum Gasteiger partial charge on any atom is 0.417 e. The highest BCUT2D eigenvalue weighted by molar-refractivity contribution is 5.78. The van der Waals surface area contributed by atoms with Crippen molar-refractivity contribution in [1.82, 2.24) is 14.5 Å². The Morgan fingerprint density at radius 3 is 2.62 bits per heavy atom. The summed E-state index contributed by atoms with van der Waals surface area (Å²) in [6.45, 7) is 7.98. The molecule has 0 spiro atoms. The highest BCUT2D eigenvalue weighted by Crippen LogP contribution is 2.34. The molecular formula is C15H18F3N3. The smallest absolute Gasteiger partial charge is 0.324 e. The summed E-state index contributed by atoms with van der Waals surface area (Å²) in [5, 5.41) is 0.567. The molecule has 21 heavy (non-hydrogen) atoms. The van der Waals surface area contributed by atoms with Gasteiger partial charge in [-0.3, -0.25) is 4.90 Å². The van der Waals surface area contributed by atoms with Gasteiger partial charge in [-0.2, -0.15) is 13.2 Å². The molecule has 2 aromatic rings. The minimum atomic E-state index is -4.35. The van der Waals surface area contributed by atoms with Crippen molar-refractivity contribution in [2.45, 2.75) is 45.6 Å². The van der Waals surface area contributed by atoms with E-state index in [9.17, 15) is 13.2 Å². The van der Waals surface area contributed by atoms with Crippen LogP contribution in [0.5, 0.6) is 0 Å². The first-order chi connectivity index (χ1) is 9.77. The number of hydrogen-bond acceptors (Lipinski definition) is 2. The summed E-state index contributed by atoms with van der Waals surface area (Å²) in [5.41, 5.74) is 0.990. The normalized spacial score (nSPS) is 20.2. The van der Waals surface area contributed by atoms with Gasteiger partial charge in [0.1, 0.15) is 5.65 Å². The lowest BCUT2D eigenvalue weighted by atomic mass is 10.1. The van der Waals surface area contributed by atoms with Crippen molar-refractivity contribution >= 4 is 11.0 Å². The Labute approximate surface area is 121 Å². The Morgan fingerprint density at radius 2 is 2.00 bits per heavy atom. The van der Waals surface area contributed by atoms with E-state index in [4.69, 9.17) is 0 Å². The van der Waals surface area contributed by atoms with E-state index in [0.29, 0.717) is 17.1 Å². The molecule has 3 rings (SSSR count). The van der Waals surface area contributed by atoms with Crippen molar-refractivity contribution in [3.8, 4) is 0 Å². The largest absolute Gasteiger partial charge is 0.417 e. The lowest BCUT2D eigenvalue weighted by Gasteiger charge is -2.35. The lowest BCUT2D eigenvalue weighted by molar-refractivity contribution is -0.137. The third-order valence-electron chi connectivity index (χ3n) is 4.12. The quantitative estimate of drug-likeness (QED) is 0.797. The highest BCUT2D eigenvalue weighted by atomic mass is 19.4. The van der Waals surface area contributed by atoms with Crippen LogP contribution in [0.4, 0.5) is 13.2 Å². The summed E-state index contributed by atoms with van der Waals surface area (Å²) >= 11 is 0. The van der Waals surface area contributed by atoms with Crippen LogP contribution in [-0.2, 0) is 12.7 Å². The van der Waals surface area contributed by atoms with Crippen LogP contribution in [0.1, 0.15) is 38.1 Å². The third kappa shape index (κ3) is 2.41. The van der Waals surface area contributed by atoms with E-state index in [1.165, 1.54) is 6.07 Å². The molecule has 0 bridgehead atoms. The second-order valence-electron chi connectivity index (χ2n) is 6.01. The second-order valence-corrected chi connectivity index (χ2v) is 6.01. The zero-order valence-corrected chi connectivity index (χ0v) is 12.3. The molecule has 0 N–H and O–H groups in total. The molecule has 3 heterocycles. The fraction of sp³-hybridized carbons (Fsp3) is 0.533. The molecule has 1 unspecified atom stereocenters. The number of pyridine rings is 1. The molecule has 0 aromatic carbocycles. The number of alkyl halides is 3. The zero-order valence-electron chi connectivity index (χ0n) is 12.3. The molecule has 1 aliphatic rings. The van der Waals surface area contributed by atoms with Crippen molar-refractivity contribution in [2.75, 3.05) is 6.54 Å². The lowest BCUT2D eigenvalue weighted by Crippen LogP contribution is -2.40. The Morgan fingerprint density at radius 1 is 1.29 bits per heavy atom. The molecule has 0 aliphatic carbocycles. The highest BCUT2D eigenvalue weighted by Gasteiger charge is 2.32. The minimum absolute atomic E-state index is 0.206. The molecule has 0 saturated heterocycles. The van der Waals surface area contributed by atoms with Gasteiger partial charge in [0.05, 0.1) is 5.56 Å². The molecular weight excluding hydrogens is 279 g/mol. The number of rotatable bonds is 1. The van der Waals surface area contributed by atoms with Gasteiger partial charge < -0.3 is 4.57 Å². The van der Waals surface area contributed by atoms with Gasteiger partial charge in [-0.15, -0.1) is 0 Å². The van der Waals surface area contributed by atoms with Gasteiger partial charge in [0.2, 0.25) is 0 Å². The van der Waals surface area contributed by atoms with Crippen LogP contribution < -0.4 is 0 Å². The maximum atomic E-state index is 12.8. The molecule has 1 aliphatic heterocycles. The van der Waals surface area contributed by atoms with Crippen molar-refractivity contribution in [3.05, 3.63) is 29.6 Å². The minimum Gasteiger partial charge on any atom is -0.324 e. The summed E-state index contributed by atoms with van der Waals surface area (Å²) in [7, 11) is 0. The van der Waals surface area contributed by atoms with Gasteiger partial charge in [-0.1, -0.05) is 0 Å². The van der Waals surface area contributed by atoms with Crippen molar-refractivity contribution in [1.29, 1.82) is 0 Å². The van der Waals surface area contributed by atoms with Crippen LogP contribution in [0.3, 0.4) is 0 Å². The van der Waals surface area contributed by atoms with Crippen LogP contribution in [0, 0.1) is 0 Å². The van der Waals surface area contributed by atoms with Gasteiger partial charge in [0.15, 0.2) is 0 Å². The first kappa shape index (κ1) is 14.4. The molecule has 2 aromatic heterocycles.